The van der Waals surface area contributed by atoms with Crippen LogP contribution < -0.4 is 5.32 Å². The number of guanidine groups is 1. The quantitative estimate of drug-likeness (QED) is 0.346. The second-order valence-corrected chi connectivity index (χ2v) is 10.8. The number of sulfone groups is 1. The summed E-state index contributed by atoms with van der Waals surface area (Å²) in [5, 5.41) is 15.1. The summed E-state index contributed by atoms with van der Waals surface area (Å²) in [6.45, 7) is 12.4. The highest BCUT2D eigenvalue weighted by Gasteiger charge is 2.53. The van der Waals surface area contributed by atoms with Crippen molar-refractivity contribution in [3.63, 3.8) is 0 Å². The van der Waals surface area contributed by atoms with E-state index >= 15 is 0 Å². The maximum atomic E-state index is 12.2. The number of rotatable bonds is 6. The zero-order valence-electron chi connectivity index (χ0n) is 16.0. The molecule has 0 saturated carbocycles. The van der Waals surface area contributed by atoms with Gasteiger partial charge in [0.1, 0.15) is 4.21 Å². The zero-order chi connectivity index (χ0) is 18.9. The highest BCUT2D eigenvalue weighted by atomic mass is 127. The first-order valence-corrected chi connectivity index (χ1v) is 11.0. The van der Waals surface area contributed by atoms with Crippen molar-refractivity contribution in [1.82, 2.24) is 10.2 Å². The Labute approximate surface area is 178 Å². The summed E-state index contributed by atoms with van der Waals surface area (Å²) < 4.78 is 24.8. The molecule has 1 fully saturated rings. The van der Waals surface area contributed by atoms with Crippen molar-refractivity contribution in [2.45, 2.75) is 50.5 Å². The first-order chi connectivity index (χ1) is 11.5. The van der Waals surface area contributed by atoms with Crippen LogP contribution in [0.25, 0.3) is 0 Å². The van der Waals surface area contributed by atoms with E-state index in [1.165, 1.54) is 11.3 Å². The van der Waals surface area contributed by atoms with Gasteiger partial charge in [0.2, 0.25) is 0 Å². The van der Waals surface area contributed by atoms with Crippen molar-refractivity contribution >= 4 is 51.1 Å². The van der Waals surface area contributed by atoms with E-state index in [0.717, 1.165) is 19.0 Å². The first kappa shape index (κ1) is 23.6. The third-order valence-corrected chi connectivity index (χ3v) is 8.42. The van der Waals surface area contributed by atoms with Gasteiger partial charge >= 0.3 is 0 Å². The Hall–Kier alpha value is -0.390. The normalized spacial score (nSPS) is 20.1. The molecule has 2 rings (SSSR count). The minimum absolute atomic E-state index is 0. The standard InChI is InChI=1S/C17H29N3O3S2.HI/c1-6-18-15(20-12-16(2,3)17(20,4)5)19-10-13(21)11-25(22,23)14-8-7-9-24-14;/h7-9,13,21H,6,10-12H2,1-5H3,(H,18,19);1H. The number of nitrogens with one attached hydrogen (secondary N) is 1. The van der Waals surface area contributed by atoms with Crippen LogP contribution in [0.1, 0.15) is 34.6 Å². The molecule has 1 unspecified atom stereocenters. The van der Waals surface area contributed by atoms with Gasteiger partial charge in [-0.05, 0) is 32.2 Å². The molecule has 0 aliphatic carbocycles. The third kappa shape index (κ3) is 4.90. The predicted molar refractivity (Wildman–Crippen MR) is 118 cm³/mol. The smallest absolute Gasteiger partial charge is 0.194 e. The van der Waals surface area contributed by atoms with Gasteiger partial charge in [0.25, 0.3) is 0 Å². The number of nitrogens with zero attached hydrogens (tertiary/aromatic N) is 2. The molecule has 1 aliphatic heterocycles. The summed E-state index contributed by atoms with van der Waals surface area (Å²) in [7, 11) is -3.46. The zero-order valence-corrected chi connectivity index (χ0v) is 20.0. The molecule has 9 heteroatoms. The van der Waals surface area contributed by atoms with Gasteiger partial charge in [0.15, 0.2) is 15.8 Å². The molecule has 1 saturated heterocycles. The largest absolute Gasteiger partial charge is 0.390 e. The number of aliphatic hydroxyl groups excluding tert-OH is 1. The van der Waals surface area contributed by atoms with Gasteiger partial charge < -0.3 is 15.3 Å². The minimum Gasteiger partial charge on any atom is -0.390 e. The number of hydrogen-bond acceptors (Lipinski definition) is 5. The predicted octanol–water partition coefficient (Wildman–Crippen LogP) is 2.59. The van der Waals surface area contributed by atoms with Crippen LogP contribution in [0, 0.1) is 5.41 Å². The van der Waals surface area contributed by atoms with Crippen LogP contribution >= 0.6 is 35.3 Å². The van der Waals surface area contributed by atoms with E-state index in [2.05, 4.69) is 42.9 Å². The lowest BCUT2D eigenvalue weighted by Gasteiger charge is -2.62. The molecular weight excluding hydrogens is 485 g/mol. The molecule has 2 N–H and O–H groups in total. The van der Waals surface area contributed by atoms with E-state index in [1.807, 2.05) is 6.92 Å². The molecule has 1 aliphatic rings. The molecule has 0 aromatic carbocycles. The summed E-state index contributed by atoms with van der Waals surface area (Å²) in [4.78, 5) is 6.66. The van der Waals surface area contributed by atoms with E-state index in [-0.39, 0.29) is 51.4 Å². The fourth-order valence-corrected chi connectivity index (χ4v) is 5.28. The van der Waals surface area contributed by atoms with Crippen molar-refractivity contribution in [3.05, 3.63) is 17.5 Å². The van der Waals surface area contributed by atoms with Crippen LogP contribution in [0.2, 0.25) is 0 Å². The van der Waals surface area contributed by atoms with E-state index < -0.39 is 15.9 Å². The van der Waals surface area contributed by atoms with Gasteiger partial charge in [0, 0.05) is 24.0 Å². The molecular formula is C17H30IN3O3S2. The van der Waals surface area contributed by atoms with Crippen LogP contribution in [-0.4, -0.2) is 61.4 Å². The third-order valence-electron chi connectivity index (χ3n) is 5.14. The molecule has 0 bridgehead atoms. The average Bonchev–Trinajstić information content (AvgIpc) is 3.04. The number of aliphatic hydroxyl groups is 1. The monoisotopic (exact) mass is 515 g/mol. The topological polar surface area (TPSA) is 82.0 Å². The highest BCUT2D eigenvalue weighted by Crippen LogP contribution is 2.46. The van der Waals surface area contributed by atoms with Gasteiger partial charge in [-0.2, -0.15) is 0 Å². The van der Waals surface area contributed by atoms with Gasteiger partial charge in [-0.25, -0.2) is 8.42 Å². The van der Waals surface area contributed by atoms with Gasteiger partial charge in [0.05, 0.1) is 18.4 Å². The Morgan fingerprint density at radius 2 is 2.08 bits per heavy atom. The maximum Gasteiger partial charge on any atom is 0.194 e. The molecule has 2 heterocycles. The summed E-state index contributed by atoms with van der Waals surface area (Å²) in [6.07, 6.45) is -1.03. The molecule has 0 spiro atoms. The van der Waals surface area contributed by atoms with Crippen molar-refractivity contribution in [3.8, 4) is 0 Å². The number of thiophene rings is 1. The average molecular weight is 515 g/mol. The second kappa shape index (κ2) is 8.74. The molecule has 0 radical (unpaired) electrons. The fraction of sp³-hybridized carbons (Fsp3) is 0.706. The van der Waals surface area contributed by atoms with Crippen molar-refractivity contribution in [1.29, 1.82) is 0 Å². The minimum atomic E-state index is -3.46. The van der Waals surface area contributed by atoms with Crippen LogP contribution in [0.3, 0.4) is 0 Å². The van der Waals surface area contributed by atoms with Gasteiger partial charge in [-0.3, -0.25) is 4.99 Å². The summed E-state index contributed by atoms with van der Waals surface area (Å²) >= 11 is 1.17. The number of aliphatic imine (C=N–C) groups is 1. The Balaban J connectivity index is 0.00000338. The Bertz CT molecular complexity index is 716. The Morgan fingerprint density at radius 3 is 2.54 bits per heavy atom. The SMILES string of the molecule is CCNC(=NCC(O)CS(=O)(=O)c1cccs1)N1CC(C)(C)C1(C)C.I. The summed E-state index contributed by atoms with van der Waals surface area (Å²) in [6, 6.07) is 3.25. The van der Waals surface area contributed by atoms with Crippen LogP contribution in [0.15, 0.2) is 26.7 Å². The highest BCUT2D eigenvalue weighted by molar-refractivity contribution is 14.0. The lowest BCUT2D eigenvalue weighted by Crippen LogP contribution is -2.72. The maximum absolute atomic E-state index is 12.2. The van der Waals surface area contributed by atoms with Crippen molar-refractivity contribution in [2.24, 2.45) is 10.4 Å². The van der Waals surface area contributed by atoms with Crippen molar-refractivity contribution < 1.29 is 13.5 Å². The van der Waals surface area contributed by atoms with E-state index in [9.17, 15) is 13.5 Å². The van der Waals surface area contributed by atoms with Gasteiger partial charge in [-0.15, -0.1) is 35.3 Å². The van der Waals surface area contributed by atoms with E-state index in [4.69, 9.17) is 0 Å². The fourth-order valence-electron chi connectivity index (χ4n) is 2.82. The van der Waals surface area contributed by atoms with Crippen molar-refractivity contribution in [2.75, 3.05) is 25.4 Å². The first-order valence-electron chi connectivity index (χ1n) is 8.51. The van der Waals surface area contributed by atoms with Crippen LogP contribution in [-0.2, 0) is 9.84 Å². The van der Waals surface area contributed by atoms with Crippen LogP contribution in [0.5, 0.6) is 0 Å². The molecule has 26 heavy (non-hydrogen) atoms. The summed E-state index contributed by atoms with van der Waals surface area (Å²) in [5.41, 5.74) is 0.117. The molecule has 1 aromatic heterocycles. The molecule has 150 valence electrons. The Kier molecular flexibility index (Phi) is 7.95. The Morgan fingerprint density at radius 1 is 1.42 bits per heavy atom. The number of halogens is 1. The lowest BCUT2D eigenvalue weighted by molar-refractivity contribution is -0.0668. The second-order valence-electron chi connectivity index (χ2n) is 7.59. The lowest BCUT2D eigenvalue weighted by atomic mass is 9.65. The molecule has 6 nitrogen and oxygen atoms in total. The van der Waals surface area contributed by atoms with E-state index in [1.54, 1.807) is 17.5 Å². The molecule has 1 atom stereocenters. The van der Waals surface area contributed by atoms with Crippen LogP contribution in [0.4, 0.5) is 0 Å². The van der Waals surface area contributed by atoms with Gasteiger partial charge in [-0.1, -0.05) is 19.9 Å². The molecule has 1 aromatic rings. The molecule has 0 amide bonds. The number of hydrogen-bond donors (Lipinski definition) is 2. The number of likely N-dealkylation sites (tertiary alicyclic amines) is 1. The van der Waals surface area contributed by atoms with E-state index in [0.29, 0.717) is 0 Å². The summed E-state index contributed by atoms with van der Waals surface area (Å²) in [5.74, 6) is 0.407.